The lowest BCUT2D eigenvalue weighted by molar-refractivity contribution is 0.0261. The van der Waals surface area contributed by atoms with Crippen molar-refractivity contribution in [3.05, 3.63) is 18.2 Å². The average molecular weight is 278 g/mol. The van der Waals surface area contributed by atoms with Gasteiger partial charge in [0.15, 0.2) is 0 Å². The summed E-state index contributed by atoms with van der Waals surface area (Å²) in [5.41, 5.74) is 0. The number of nitrogens with zero attached hydrogens (tertiary/aromatic N) is 3. The first-order valence-electron chi connectivity index (χ1n) is 7.74. The Bertz CT molecular complexity index is 429. The molecule has 2 heterocycles. The quantitative estimate of drug-likeness (QED) is 0.812. The van der Waals surface area contributed by atoms with E-state index < -0.39 is 0 Å². The summed E-state index contributed by atoms with van der Waals surface area (Å²) in [6, 6.07) is 0.781. The van der Waals surface area contributed by atoms with Crippen LogP contribution in [0.2, 0.25) is 0 Å². The van der Waals surface area contributed by atoms with Gasteiger partial charge in [0.1, 0.15) is 5.82 Å². The molecule has 1 aliphatic heterocycles. The van der Waals surface area contributed by atoms with E-state index >= 15 is 0 Å². The van der Waals surface area contributed by atoms with Crippen molar-refractivity contribution < 1.29 is 4.74 Å². The lowest BCUT2D eigenvalue weighted by Gasteiger charge is -2.21. The fraction of sp³-hybridized carbons (Fsp3) is 0.800. The van der Waals surface area contributed by atoms with Crippen molar-refractivity contribution in [1.29, 1.82) is 0 Å². The van der Waals surface area contributed by atoms with Crippen molar-refractivity contribution in [2.24, 2.45) is 7.05 Å². The highest BCUT2D eigenvalue weighted by atomic mass is 16.5. The van der Waals surface area contributed by atoms with Crippen LogP contribution in [0.15, 0.2) is 12.4 Å². The molecule has 2 atom stereocenters. The predicted molar refractivity (Wildman–Crippen MR) is 78.5 cm³/mol. The van der Waals surface area contributed by atoms with Gasteiger partial charge in [0.05, 0.1) is 18.8 Å². The van der Waals surface area contributed by atoms with E-state index in [1.807, 2.05) is 19.4 Å². The molecule has 0 aromatic carbocycles. The molecular formula is C15H26N4O. The molecular weight excluding hydrogens is 252 g/mol. The highest BCUT2D eigenvalue weighted by molar-refractivity contribution is 4.91. The van der Waals surface area contributed by atoms with Crippen LogP contribution in [0.5, 0.6) is 0 Å². The van der Waals surface area contributed by atoms with E-state index in [1.165, 1.54) is 25.7 Å². The second-order valence-electron chi connectivity index (χ2n) is 6.29. The van der Waals surface area contributed by atoms with Crippen molar-refractivity contribution in [2.75, 3.05) is 20.1 Å². The van der Waals surface area contributed by atoms with Crippen molar-refractivity contribution in [3.8, 4) is 0 Å². The van der Waals surface area contributed by atoms with Crippen molar-refractivity contribution in [3.63, 3.8) is 0 Å². The third-order valence-corrected chi connectivity index (χ3v) is 4.25. The Morgan fingerprint density at radius 3 is 2.85 bits per heavy atom. The van der Waals surface area contributed by atoms with Crippen LogP contribution in [0.4, 0.5) is 0 Å². The second kappa shape index (κ2) is 6.24. The third kappa shape index (κ3) is 3.81. The van der Waals surface area contributed by atoms with E-state index in [0.717, 1.165) is 31.5 Å². The maximum Gasteiger partial charge on any atom is 0.122 e. The maximum atomic E-state index is 6.13. The Morgan fingerprint density at radius 2 is 2.15 bits per heavy atom. The Labute approximate surface area is 121 Å². The summed E-state index contributed by atoms with van der Waals surface area (Å²) >= 11 is 0. The van der Waals surface area contributed by atoms with E-state index in [-0.39, 0.29) is 0 Å². The predicted octanol–water partition coefficient (Wildman–Crippen LogP) is 1.15. The van der Waals surface area contributed by atoms with Crippen LogP contribution in [-0.4, -0.2) is 52.8 Å². The molecule has 0 radical (unpaired) electrons. The molecule has 1 N–H and O–H groups in total. The first kappa shape index (κ1) is 14.0. The molecule has 112 valence electrons. The van der Waals surface area contributed by atoms with Gasteiger partial charge in [-0.2, -0.15) is 0 Å². The summed E-state index contributed by atoms with van der Waals surface area (Å²) in [5, 5.41) is 3.56. The molecule has 1 aromatic heterocycles. The number of ether oxygens (including phenoxy) is 1. The standard InChI is InChI=1S/C15H26N4O/c1-18(11-15-16-7-8-19(15)2)10-14-6-5-13(20-14)9-17-12-3-4-12/h7-8,12-14,17H,3-6,9-11H2,1-2H3. The third-order valence-electron chi connectivity index (χ3n) is 4.25. The minimum atomic E-state index is 0.381. The van der Waals surface area contributed by atoms with Crippen LogP contribution in [0, 0.1) is 0 Å². The molecule has 2 unspecified atom stereocenters. The van der Waals surface area contributed by atoms with Gasteiger partial charge in [-0.25, -0.2) is 4.98 Å². The Hall–Kier alpha value is -0.910. The Morgan fingerprint density at radius 1 is 1.35 bits per heavy atom. The molecule has 5 heteroatoms. The molecule has 0 bridgehead atoms. The Balaban J connectivity index is 1.38. The van der Waals surface area contributed by atoms with Gasteiger partial charge in [-0.3, -0.25) is 4.90 Å². The van der Waals surface area contributed by atoms with E-state index in [1.54, 1.807) is 0 Å². The lowest BCUT2D eigenvalue weighted by Crippen LogP contribution is -2.32. The van der Waals surface area contributed by atoms with Gasteiger partial charge >= 0.3 is 0 Å². The largest absolute Gasteiger partial charge is 0.372 e. The molecule has 3 rings (SSSR count). The van der Waals surface area contributed by atoms with Crippen molar-refractivity contribution in [2.45, 2.75) is 50.5 Å². The molecule has 1 saturated carbocycles. The zero-order valence-corrected chi connectivity index (χ0v) is 12.6. The highest BCUT2D eigenvalue weighted by Crippen LogP contribution is 2.23. The normalized spacial score (nSPS) is 26.6. The molecule has 2 fully saturated rings. The molecule has 20 heavy (non-hydrogen) atoms. The van der Waals surface area contributed by atoms with Gasteiger partial charge in [-0.15, -0.1) is 0 Å². The van der Waals surface area contributed by atoms with Gasteiger partial charge in [0.25, 0.3) is 0 Å². The highest BCUT2D eigenvalue weighted by Gasteiger charge is 2.28. The molecule has 0 amide bonds. The smallest absolute Gasteiger partial charge is 0.122 e. The van der Waals surface area contributed by atoms with E-state index in [0.29, 0.717) is 12.2 Å². The molecule has 5 nitrogen and oxygen atoms in total. The van der Waals surface area contributed by atoms with Crippen molar-refractivity contribution in [1.82, 2.24) is 19.8 Å². The summed E-state index contributed by atoms with van der Waals surface area (Å²) in [5.74, 6) is 1.11. The number of rotatable bonds is 7. The zero-order chi connectivity index (χ0) is 13.9. The lowest BCUT2D eigenvalue weighted by atomic mass is 10.2. The van der Waals surface area contributed by atoms with Gasteiger partial charge in [-0.1, -0.05) is 0 Å². The minimum Gasteiger partial charge on any atom is -0.372 e. The molecule has 1 aliphatic carbocycles. The average Bonchev–Trinajstić information content (AvgIpc) is 3.02. The summed E-state index contributed by atoms with van der Waals surface area (Å²) in [7, 11) is 4.19. The summed E-state index contributed by atoms with van der Waals surface area (Å²) in [4.78, 5) is 6.68. The monoisotopic (exact) mass is 278 g/mol. The fourth-order valence-electron chi connectivity index (χ4n) is 2.85. The second-order valence-corrected chi connectivity index (χ2v) is 6.29. The van der Waals surface area contributed by atoms with Crippen LogP contribution >= 0.6 is 0 Å². The van der Waals surface area contributed by atoms with Crippen LogP contribution in [0.3, 0.4) is 0 Å². The van der Waals surface area contributed by atoms with E-state index in [2.05, 4.69) is 26.8 Å². The summed E-state index contributed by atoms with van der Waals surface area (Å²) in [6.07, 6.45) is 9.73. The Kier molecular flexibility index (Phi) is 4.38. The molecule has 0 spiro atoms. The fourth-order valence-corrected chi connectivity index (χ4v) is 2.85. The maximum absolute atomic E-state index is 6.13. The number of hydrogen-bond acceptors (Lipinski definition) is 4. The van der Waals surface area contributed by atoms with Gasteiger partial charge in [0.2, 0.25) is 0 Å². The number of aromatic nitrogens is 2. The van der Waals surface area contributed by atoms with Gasteiger partial charge in [-0.05, 0) is 32.7 Å². The number of nitrogens with one attached hydrogen (secondary N) is 1. The number of aryl methyl sites for hydroxylation is 1. The number of likely N-dealkylation sites (N-methyl/N-ethyl adjacent to an activating group) is 1. The zero-order valence-electron chi connectivity index (χ0n) is 12.6. The number of imidazole rings is 1. The summed E-state index contributed by atoms with van der Waals surface area (Å²) in [6.45, 7) is 2.91. The van der Waals surface area contributed by atoms with Crippen LogP contribution in [0.1, 0.15) is 31.5 Å². The minimum absolute atomic E-state index is 0.381. The number of hydrogen-bond donors (Lipinski definition) is 1. The molecule has 1 saturated heterocycles. The molecule has 1 aromatic rings. The van der Waals surface area contributed by atoms with Crippen molar-refractivity contribution >= 4 is 0 Å². The SMILES string of the molecule is CN(Cc1nccn1C)CC1CCC(CNC2CC2)O1. The summed E-state index contributed by atoms with van der Waals surface area (Å²) < 4.78 is 8.21. The van der Waals surface area contributed by atoms with Gasteiger partial charge in [0, 0.05) is 38.6 Å². The van der Waals surface area contributed by atoms with Crippen LogP contribution in [0.25, 0.3) is 0 Å². The first-order chi connectivity index (χ1) is 9.70. The van der Waals surface area contributed by atoms with E-state index in [9.17, 15) is 0 Å². The first-order valence-corrected chi connectivity index (χ1v) is 7.74. The topological polar surface area (TPSA) is 42.3 Å². The van der Waals surface area contributed by atoms with Crippen LogP contribution < -0.4 is 5.32 Å². The van der Waals surface area contributed by atoms with E-state index in [4.69, 9.17) is 4.74 Å². The van der Waals surface area contributed by atoms with Gasteiger partial charge < -0.3 is 14.6 Å². The van der Waals surface area contributed by atoms with Crippen LogP contribution in [-0.2, 0) is 18.3 Å². The molecule has 2 aliphatic rings.